The number of rotatable bonds is 7. The topological polar surface area (TPSA) is 67.4 Å². The van der Waals surface area contributed by atoms with Gasteiger partial charge >= 0.3 is 0 Å². The molecule has 27 heavy (non-hydrogen) atoms. The summed E-state index contributed by atoms with van der Waals surface area (Å²) in [4.78, 5) is 6.77. The molecule has 1 fully saturated rings. The van der Waals surface area contributed by atoms with Crippen molar-refractivity contribution >= 4 is 35.6 Å². The van der Waals surface area contributed by atoms with Gasteiger partial charge in [-0.15, -0.1) is 24.0 Å². The molecule has 2 rings (SSSR count). The fourth-order valence-electron chi connectivity index (χ4n) is 3.09. The lowest BCUT2D eigenvalue weighted by Crippen LogP contribution is -2.52. The molecular formula is C19H33IN4O3. The zero-order valence-corrected chi connectivity index (χ0v) is 19.3. The third-order valence-corrected chi connectivity index (χ3v) is 4.50. The van der Waals surface area contributed by atoms with Crippen molar-refractivity contribution in [2.75, 3.05) is 52.4 Å². The van der Waals surface area contributed by atoms with Crippen LogP contribution in [0.3, 0.4) is 0 Å². The van der Waals surface area contributed by atoms with Gasteiger partial charge in [-0.25, -0.2) is 0 Å². The van der Waals surface area contributed by atoms with E-state index in [4.69, 9.17) is 14.2 Å². The van der Waals surface area contributed by atoms with Crippen LogP contribution < -0.4 is 20.1 Å². The number of methoxy groups -OCH3 is 1. The van der Waals surface area contributed by atoms with Gasteiger partial charge in [-0.1, -0.05) is 0 Å². The van der Waals surface area contributed by atoms with Crippen molar-refractivity contribution < 1.29 is 14.2 Å². The number of hydrogen-bond acceptors (Lipinski definition) is 5. The molecule has 7 nitrogen and oxygen atoms in total. The molecule has 0 aliphatic carbocycles. The number of anilines is 1. The van der Waals surface area contributed by atoms with E-state index in [1.54, 1.807) is 14.2 Å². The quantitative estimate of drug-likeness (QED) is 0.347. The van der Waals surface area contributed by atoms with Crippen LogP contribution in [-0.4, -0.2) is 70.0 Å². The van der Waals surface area contributed by atoms with E-state index in [0.717, 1.165) is 43.7 Å². The van der Waals surface area contributed by atoms with E-state index < -0.39 is 0 Å². The Balaban J connectivity index is 0.00000364. The van der Waals surface area contributed by atoms with Crippen LogP contribution in [0.25, 0.3) is 0 Å². The van der Waals surface area contributed by atoms with Gasteiger partial charge in [0.15, 0.2) is 17.5 Å². The Bertz CT molecular complexity index is 600. The zero-order chi connectivity index (χ0) is 18.9. The minimum Gasteiger partial charge on any atom is -0.493 e. The third-order valence-electron chi connectivity index (χ3n) is 4.50. The Morgan fingerprint density at radius 3 is 2.81 bits per heavy atom. The summed E-state index contributed by atoms with van der Waals surface area (Å²) in [5, 5.41) is 6.70. The Kier molecular flexibility index (Phi) is 10.8. The predicted octanol–water partition coefficient (Wildman–Crippen LogP) is 2.81. The number of morpholine rings is 1. The SMILES string of the molecule is CCOc1ccc(NC(=NC)NCC(C)N2CCOCC2C)cc1OC.I. The molecule has 1 aliphatic heterocycles. The maximum Gasteiger partial charge on any atom is 0.195 e. The highest BCUT2D eigenvalue weighted by atomic mass is 127. The predicted molar refractivity (Wildman–Crippen MR) is 121 cm³/mol. The second-order valence-corrected chi connectivity index (χ2v) is 6.39. The molecule has 1 aliphatic rings. The third kappa shape index (κ3) is 7.00. The van der Waals surface area contributed by atoms with E-state index in [9.17, 15) is 0 Å². The number of aliphatic imine (C=N–C) groups is 1. The molecule has 154 valence electrons. The highest BCUT2D eigenvalue weighted by Gasteiger charge is 2.23. The van der Waals surface area contributed by atoms with Gasteiger partial charge in [0.25, 0.3) is 0 Å². The summed E-state index contributed by atoms with van der Waals surface area (Å²) in [6.07, 6.45) is 0. The number of benzene rings is 1. The monoisotopic (exact) mass is 492 g/mol. The minimum absolute atomic E-state index is 0. The molecular weight excluding hydrogens is 459 g/mol. The van der Waals surface area contributed by atoms with E-state index in [0.29, 0.717) is 24.4 Å². The summed E-state index contributed by atoms with van der Waals surface area (Å²) in [6.45, 7) is 10.3. The molecule has 8 heteroatoms. The molecule has 0 spiro atoms. The smallest absolute Gasteiger partial charge is 0.195 e. The molecule has 2 unspecified atom stereocenters. The number of ether oxygens (including phenoxy) is 3. The molecule has 1 aromatic carbocycles. The lowest BCUT2D eigenvalue weighted by molar-refractivity contribution is -0.0173. The summed E-state index contributed by atoms with van der Waals surface area (Å²) in [5.74, 6) is 2.16. The van der Waals surface area contributed by atoms with Gasteiger partial charge in [0.1, 0.15) is 0 Å². The van der Waals surface area contributed by atoms with Crippen LogP contribution in [0.1, 0.15) is 20.8 Å². The van der Waals surface area contributed by atoms with Crippen molar-refractivity contribution in [3.05, 3.63) is 18.2 Å². The Morgan fingerprint density at radius 1 is 1.41 bits per heavy atom. The normalized spacial score (nSPS) is 19.0. The Labute approximate surface area is 179 Å². The van der Waals surface area contributed by atoms with Gasteiger partial charge in [-0.2, -0.15) is 0 Å². The van der Waals surface area contributed by atoms with Crippen molar-refractivity contribution in [3.8, 4) is 11.5 Å². The second-order valence-electron chi connectivity index (χ2n) is 6.39. The van der Waals surface area contributed by atoms with Crippen molar-refractivity contribution in [1.82, 2.24) is 10.2 Å². The molecule has 0 amide bonds. The first-order valence-corrected chi connectivity index (χ1v) is 9.21. The van der Waals surface area contributed by atoms with Crippen LogP contribution >= 0.6 is 24.0 Å². The molecule has 0 aromatic heterocycles. The largest absolute Gasteiger partial charge is 0.493 e. The maximum absolute atomic E-state index is 5.56. The van der Waals surface area contributed by atoms with E-state index in [1.165, 1.54) is 0 Å². The van der Waals surface area contributed by atoms with Gasteiger partial charge in [-0.05, 0) is 32.9 Å². The highest BCUT2D eigenvalue weighted by Crippen LogP contribution is 2.30. The lowest BCUT2D eigenvalue weighted by Gasteiger charge is -2.38. The molecule has 1 heterocycles. The summed E-state index contributed by atoms with van der Waals surface area (Å²) in [6, 6.07) is 6.59. The summed E-state index contributed by atoms with van der Waals surface area (Å²) < 4.78 is 16.5. The molecule has 0 radical (unpaired) electrons. The van der Waals surface area contributed by atoms with Crippen LogP contribution in [0.2, 0.25) is 0 Å². The summed E-state index contributed by atoms with van der Waals surface area (Å²) in [7, 11) is 3.41. The minimum atomic E-state index is 0. The van der Waals surface area contributed by atoms with E-state index in [2.05, 4.69) is 34.4 Å². The van der Waals surface area contributed by atoms with Crippen molar-refractivity contribution in [3.63, 3.8) is 0 Å². The lowest BCUT2D eigenvalue weighted by atomic mass is 10.2. The molecule has 1 aromatic rings. The number of guanidine groups is 1. The second kappa shape index (κ2) is 12.2. The Hall–Kier alpha value is -1.26. The Morgan fingerprint density at radius 2 is 2.19 bits per heavy atom. The van der Waals surface area contributed by atoms with Crippen molar-refractivity contribution in [2.45, 2.75) is 32.9 Å². The fraction of sp³-hybridized carbons (Fsp3) is 0.632. The van der Waals surface area contributed by atoms with Crippen LogP contribution in [0, 0.1) is 0 Å². The van der Waals surface area contributed by atoms with Crippen LogP contribution in [0.4, 0.5) is 5.69 Å². The molecule has 0 bridgehead atoms. The zero-order valence-electron chi connectivity index (χ0n) is 16.9. The van der Waals surface area contributed by atoms with Crippen molar-refractivity contribution in [2.24, 2.45) is 4.99 Å². The first kappa shape index (κ1) is 23.8. The molecule has 1 saturated heterocycles. The maximum atomic E-state index is 5.56. The standard InChI is InChI=1S/C19H32N4O3.HI/c1-6-26-17-8-7-16(11-18(17)24-5)22-19(20-4)21-12-14(2)23-9-10-25-13-15(23)3;/h7-8,11,14-15H,6,9-10,12-13H2,1-5H3,(H2,20,21,22);1H. The van der Waals surface area contributed by atoms with Gasteiger partial charge in [0.05, 0.1) is 26.9 Å². The van der Waals surface area contributed by atoms with Gasteiger partial charge in [-0.3, -0.25) is 9.89 Å². The van der Waals surface area contributed by atoms with Gasteiger partial charge in [0.2, 0.25) is 0 Å². The number of nitrogens with one attached hydrogen (secondary N) is 2. The highest BCUT2D eigenvalue weighted by molar-refractivity contribution is 14.0. The van der Waals surface area contributed by atoms with Gasteiger partial charge in [0, 0.05) is 44.0 Å². The fourth-order valence-corrected chi connectivity index (χ4v) is 3.09. The first-order chi connectivity index (χ1) is 12.6. The van der Waals surface area contributed by atoms with Crippen LogP contribution in [-0.2, 0) is 4.74 Å². The number of halogens is 1. The molecule has 0 saturated carbocycles. The summed E-state index contributed by atoms with van der Waals surface area (Å²) >= 11 is 0. The average molecular weight is 492 g/mol. The number of nitrogens with zero attached hydrogens (tertiary/aromatic N) is 2. The average Bonchev–Trinajstić information content (AvgIpc) is 2.66. The van der Waals surface area contributed by atoms with Gasteiger partial charge < -0.3 is 24.8 Å². The molecule has 2 atom stereocenters. The molecule has 2 N–H and O–H groups in total. The first-order valence-electron chi connectivity index (χ1n) is 9.21. The summed E-state index contributed by atoms with van der Waals surface area (Å²) in [5.41, 5.74) is 0.894. The van der Waals surface area contributed by atoms with E-state index in [-0.39, 0.29) is 24.0 Å². The van der Waals surface area contributed by atoms with Crippen LogP contribution in [0.15, 0.2) is 23.2 Å². The number of hydrogen-bond donors (Lipinski definition) is 2. The van der Waals surface area contributed by atoms with E-state index >= 15 is 0 Å². The van der Waals surface area contributed by atoms with Crippen LogP contribution in [0.5, 0.6) is 11.5 Å². The van der Waals surface area contributed by atoms with E-state index in [1.807, 2.05) is 25.1 Å². The van der Waals surface area contributed by atoms with Crippen molar-refractivity contribution in [1.29, 1.82) is 0 Å².